The fraction of sp³-hybridized carbons (Fsp3) is 0.200. The molecule has 0 radical (unpaired) electrons. The van der Waals surface area contributed by atoms with E-state index in [0.29, 0.717) is 6.61 Å². The third kappa shape index (κ3) is 3.34. The molecule has 1 atom stereocenters. The van der Waals surface area contributed by atoms with Crippen molar-refractivity contribution in [2.24, 2.45) is 5.73 Å². The van der Waals surface area contributed by atoms with E-state index in [1.807, 2.05) is 55.5 Å². The van der Waals surface area contributed by atoms with E-state index in [9.17, 15) is 0 Å². The molecule has 0 saturated heterocycles. The maximum Gasteiger partial charge on any atom is 0.124 e. The smallest absolute Gasteiger partial charge is 0.124 e. The fourth-order valence-electron chi connectivity index (χ4n) is 1.74. The van der Waals surface area contributed by atoms with Crippen molar-refractivity contribution < 1.29 is 4.74 Å². The highest BCUT2D eigenvalue weighted by Crippen LogP contribution is 2.28. The number of hydrogen-bond donors (Lipinski definition) is 1. The molecule has 0 spiro atoms. The van der Waals surface area contributed by atoms with Crippen LogP contribution < -0.4 is 10.5 Å². The Bertz CT molecular complexity index is 511. The minimum Gasteiger partial charge on any atom is -0.489 e. The minimum absolute atomic E-state index is 0.0479. The molecule has 94 valence electrons. The van der Waals surface area contributed by atoms with Gasteiger partial charge in [-0.1, -0.05) is 46.3 Å². The standard InChI is InChI=1S/C15H16BrNO/c1-11(17)14-9-13(16)7-8-15(14)18-10-12-5-3-2-4-6-12/h2-9,11H,10,17H2,1H3. The number of ether oxygens (including phenoxy) is 1. The Balaban J connectivity index is 2.14. The van der Waals surface area contributed by atoms with Crippen LogP contribution in [0.5, 0.6) is 5.75 Å². The molecule has 0 amide bonds. The lowest BCUT2D eigenvalue weighted by atomic mass is 10.1. The SMILES string of the molecule is CC(N)c1cc(Br)ccc1OCc1ccccc1. The zero-order valence-corrected chi connectivity index (χ0v) is 11.9. The molecule has 2 rings (SSSR count). The molecule has 18 heavy (non-hydrogen) atoms. The molecule has 2 N–H and O–H groups in total. The summed E-state index contributed by atoms with van der Waals surface area (Å²) in [4.78, 5) is 0. The molecular formula is C15H16BrNO. The zero-order valence-electron chi connectivity index (χ0n) is 10.3. The predicted octanol–water partition coefficient (Wildman–Crippen LogP) is 4.05. The van der Waals surface area contributed by atoms with Gasteiger partial charge in [-0.3, -0.25) is 0 Å². The first-order chi connectivity index (χ1) is 8.66. The van der Waals surface area contributed by atoms with E-state index in [-0.39, 0.29) is 6.04 Å². The summed E-state index contributed by atoms with van der Waals surface area (Å²) in [5.41, 5.74) is 8.11. The van der Waals surface area contributed by atoms with Crippen molar-refractivity contribution in [3.8, 4) is 5.75 Å². The molecule has 0 aliphatic heterocycles. The zero-order chi connectivity index (χ0) is 13.0. The lowest BCUT2D eigenvalue weighted by Crippen LogP contribution is -2.08. The molecule has 2 aromatic rings. The maximum atomic E-state index is 5.95. The average molecular weight is 306 g/mol. The van der Waals surface area contributed by atoms with Gasteiger partial charge in [-0.25, -0.2) is 0 Å². The third-order valence-electron chi connectivity index (χ3n) is 2.70. The Labute approximate surface area is 116 Å². The van der Waals surface area contributed by atoms with Gasteiger partial charge >= 0.3 is 0 Å². The van der Waals surface area contributed by atoms with E-state index < -0.39 is 0 Å². The molecule has 0 bridgehead atoms. The normalized spacial score (nSPS) is 12.2. The van der Waals surface area contributed by atoms with Crippen LogP contribution in [-0.2, 0) is 6.61 Å². The quantitative estimate of drug-likeness (QED) is 0.925. The van der Waals surface area contributed by atoms with Crippen molar-refractivity contribution in [3.05, 3.63) is 64.1 Å². The van der Waals surface area contributed by atoms with Crippen molar-refractivity contribution in [3.63, 3.8) is 0 Å². The number of nitrogens with two attached hydrogens (primary N) is 1. The summed E-state index contributed by atoms with van der Waals surface area (Å²) >= 11 is 3.45. The van der Waals surface area contributed by atoms with Gasteiger partial charge in [0.2, 0.25) is 0 Å². The van der Waals surface area contributed by atoms with E-state index >= 15 is 0 Å². The van der Waals surface area contributed by atoms with E-state index in [4.69, 9.17) is 10.5 Å². The van der Waals surface area contributed by atoms with Gasteiger partial charge in [0.05, 0.1) is 0 Å². The fourth-order valence-corrected chi connectivity index (χ4v) is 2.12. The van der Waals surface area contributed by atoms with Gasteiger partial charge in [0.25, 0.3) is 0 Å². The highest BCUT2D eigenvalue weighted by Gasteiger charge is 2.08. The highest BCUT2D eigenvalue weighted by molar-refractivity contribution is 9.10. The Morgan fingerprint density at radius 3 is 2.56 bits per heavy atom. The predicted molar refractivity (Wildman–Crippen MR) is 77.5 cm³/mol. The van der Waals surface area contributed by atoms with Crippen LogP contribution in [0, 0.1) is 0 Å². The summed E-state index contributed by atoms with van der Waals surface area (Å²) in [5.74, 6) is 0.844. The second-order valence-corrected chi connectivity index (χ2v) is 5.16. The molecule has 2 aromatic carbocycles. The molecule has 3 heteroatoms. The third-order valence-corrected chi connectivity index (χ3v) is 3.19. The van der Waals surface area contributed by atoms with E-state index in [1.165, 1.54) is 0 Å². The molecule has 1 unspecified atom stereocenters. The Morgan fingerprint density at radius 1 is 1.17 bits per heavy atom. The average Bonchev–Trinajstić information content (AvgIpc) is 2.38. The van der Waals surface area contributed by atoms with Crippen molar-refractivity contribution >= 4 is 15.9 Å². The van der Waals surface area contributed by atoms with Gasteiger partial charge in [0.1, 0.15) is 12.4 Å². The van der Waals surface area contributed by atoms with Crippen molar-refractivity contribution in [2.45, 2.75) is 19.6 Å². The van der Waals surface area contributed by atoms with Crippen LogP contribution in [0.25, 0.3) is 0 Å². The van der Waals surface area contributed by atoms with Crippen LogP contribution in [0.4, 0.5) is 0 Å². The lowest BCUT2D eigenvalue weighted by molar-refractivity contribution is 0.301. The van der Waals surface area contributed by atoms with Gasteiger partial charge in [0, 0.05) is 16.1 Å². The summed E-state index contributed by atoms with van der Waals surface area (Å²) in [6.45, 7) is 2.51. The van der Waals surface area contributed by atoms with Crippen LogP contribution in [0.1, 0.15) is 24.1 Å². The molecule has 0 aliphatic rings. The summed E-state index contributed by atoms with van der Waals surface area (Å²) < 4.78 is 6.85. The van der Waals surface area contributed by atoms with Gasteiger partial charge in [0.15, 0.2) is 0 Å². The van der Waals surface area contributed by atoms with Crippen LogP contribution in [0.2, 0.25) is 0 Å². The van der Waals surface area contributed by atoms with Crippen LogP contribution >= 0.6 is 15.9 Å². The Hall–Kier alpha value is -1.32. The van der Waals surface area contributed by atoms with E-state index in [0.717, 1.165) is 21.3 Å². The maximum absolute atomic E-state index is 5.95. The summed E-state index contributed by atoms with van der Waals surface area (Å²) in [7, 11) is 0. The second-order valence-electron chi connectivity index (χ2n) is 4.25. The van der Waals surface area contributed by atoms with Gasteiger partial charge in [-0.15, -0.1) is 0 Å². The molecule has 0 aromatic heterocycles. The van der Waals surface area contributed by atoms with Crippen LogP contribution in [-0.4, -0.2) is 0 Å². The lowest BCUT2D eigenvalue weighted by Gasteiger charge is -2.14. The summed E-state index contributed by atoms with van der Waals surface area (Å²) in [5, 5.41) is 0. The molecule has 0 saturated carbocycles. The monoisotopic (exact) mass is 305 g/mol. The van der Waals surface area contributed by atoms with E-state index in [2.05, 4.69) is 15.9 Å². The van der Waals surface area contributed by atoms with Gasteiger partial charge in [-0.05, 0) is 30.7 Å². The Kier molecular flexibility index (Phi) is 4.39. The van der Waals surface area contributed by atoms with Gasteiger partial charge < -0.3 is 10.5 Å². The van der Waals surface area contributed by atoms with Gasteiger partial charge in [-0.2, -0.15) is 0 Å². The summed E-state index contributed by atoms with van der Waals surface area (Å²) in [6.07, 6.45) is 0. The molecule has 0 aliphatic carbocycles. The number of rotatable bonds is 4. The second kappa shape index (κ2) is 6.03. The van der Waals surface area contributed by atoms with Crippen molar-refractivity contribution in [1.82, 2.24) is 0 Å². The minimum atomic E-state index is -0.0479. The molecule has 0 fully saturated rings. The van der Waals surface area contributed by atoms with Crippen molar-refractivity contribution in [2.75, 3.05) is 0 Å². The number of hydrogen-bond acceptors (Lipinski definition) is 2. The first-order valence-corrected chi connectivity index (χ1v) is 6.68. The van der Waals surface area contributed by atoms with Crippen LogP contribution in [0.15, 0.2) is 53.0 Å². The van der Waals surface area contributed by atoms with Crippen molar-refractivity contribution in [1.29, 1.82) is 0 Å². The summed E-state index contributed by atoms with van der Waals surface area (Å²) in [6, 6.07) is 16.0. The highest BCUT2D eigenvalue weighted by atomic mass is 79.9. The molecule has 2 nitrogen and oxygen atoms in total. The largest absolute Gasteiger partial charge is 0.489 e. The molecular weight excluding hydrogens is 290 g/mol. The molecule has 0 heterocycles. The van der Waals surface area contributed by atoms with E-state index in [1.54, 1.807) is 0 Å². The number of benzene rings is 2. The first-order valence-electron chi connectivity index (χ1n) is 5.88. The topological polar surface area (TPSA) is 35.2 Å². The first kappa shape index (κ1) is 13.1. The Morgan fingerprint density at radius 2 is 1.89 bits per heavy atom. The van der Waals surface area contributed by atoms with Crippen LogP contribution in [0.3, 0.4) is 0 Å². The number of halogens is 1.